The third-order valence-electron chi connectivity index (χ3n) is 2.57. The first-order valence-corrected chi connectivity index (χ1v) is 6.28. The van der Waals surface area contributed by atoms with Crippen LogP contribution in [0.3, 0.4) is 0 Å². The van der Waals surface area contributed by atoms with Crippen molar-refractivity contribution >= 4 is 11.7 Å². The van der Waals surface area contributed by atoms with Crippen molar-refractivity contribution < 1.29 is 9.18 Å². The number of anilines is 1. The molecule has 0 atom stereocenters. The summed E-state index contributed by atoms with van der Waals surface area (Å²) in [5.41, 5.74) is 1.43. The lowest BCUT2D eigenvalue weighted by atomic mass is 10.4. The molecular weight excluding hydrogens is 261 g/mol. The largest absolute Gasteiger partial charge is 0.338 e. The van der Waals surface area contributed by atoms with E-state index in [2.05, 4.69) is 20.7 Å². The van der Waals surface area contributed by atoms with Gasteiger partial charge in [-0.25, -0.2) is 9.18 Å². The molecule has 0 unspecified atom stereocenters. The van der Waals surface area contributed by atoms with Crippen LogP contribution in [-0.2, 0) is 6.54 Å². The normalized spacial score (nSPS) is 10.3. The second-order valence-corrected chi connectivity index (χ2v) is 4.41. The van der Waals surface area contributed by atoms with Crippen molar-refractivity contribution in [1.29, 1.82) is 0 Å². The Morgan fingerprint density at radius 2 is 2.25 bits per heavy atom. The van der Waals surface area contributed by atoms with E-state index in [9.17, 15) is 9.18 Å². The van der Waals surface area contributed by atoms with Crippen molar-refractivity contribution in [3.8, 4) is 0 Å². The van der Waals surface area contributed by atoms with Crippen LogP contribution in [-0.4, -0.2) is 27.3 Å². The van der Waals surface area contributed by atoms with E-state index in [1.165, 1.54) is 12.3 Å². The van der Waals surface area contributed by atoms with Crippen molar-refractivity contribution in [3.05, 3.63) is 42.2 Å². The van der Waals surface area contributed by atoms with E-state index in [-0.39, 0.29) is 6.03 Å². The van der Waals surface area contributed by atoms with Crippen molar-refractivity contribution in [2.75, 3.05) is 11.9 Å². The molecule has 0 fully saturated rings. The number of aryl methyl sites for hydroxylation is 2. The fourth-order valence-electron chi connectivity index (χ4n) is 1.69. The third kappa shape index (κ3) is 4.34. The van der Waals surface area contributed by atoms with Crippen LogP contribution in [0.5, 0.6) is 0 Å². The number of hydrogen-bond acceptors (Lipinski definition) is 3. The molecule has 2 N–H and O–H groups in total. The second-order valence-electron chi connectivity index (χ2n) is 4.41. The fraction of sp³-hybridized carbons (Fsp3) is 0.308. The summed E-state index contributed by atoms with van der Waals surface area (Å²) in [5, 5.41) is 9.35. The molecule has 0 radical (unpaired) electrons. The number of carbonyl (C=O) groups excluding carboxylic acids is 1. The van der Waals surface area contributed by atoms with Gasteiger partial charge in [0.25, 0.3) is 0 Å². The third-order valence-corrected chi connectivity index (χ3v) is 2.57. The molecule has 7 heteroatoms. The van der Waals surface area contributed by atoms with E-state index < -0.39 is 5.82 Å². The van der Waals surface area contributed by atoms with Crippen LogP contribution in [0.1, 0.15) is 12.0 Å². The van der Waals surface area contributed by atoms with E-state index in [1.807, 2.05) is 17.8 Å². The number of rotatable bonds is 5. The van der Waals surface area contributed by atoms with Crippen LogP contribution in [0.2, 0.25) is 0 Å². The van der Waals surface area contributed by atoms with Gasteiger partial charge in [-0.15, -0.1) is 0 Å². The Morgan fingerprint density at radius 3 is 2.95 bits per heavy atom. The molecule has 2 aromatic rings. The minimum atomic E-state index is -0.489. The number of nitrogens with zero attached hydrogens (tertiary/aromatic N) is 3. The predicted molar refractivity (Wildman–Crippen MR) is 72.8 cm³/mol. The summed E-state index contributed by atoms with van der Waals surface area (Å²) < 4.78 is 14.7. The highest BCUT2D eigenvalue weighted by atomic mass is 19.1. The standard InChI is InChI=1S/C13H16FN5O/c1-10-6-17-19(9-10)4-2-3-16-13(20)18-12-5-11(14)7-15-8-12/h5-9H,2-4H2,1H3,(H2,16,18,20). The first kappa shape index (κ1) is 14.0. The lowest BCUT2D eigenvalue weighted by Gasteiger charge is -2.07. The van der Waals surface area contributed by atoms with Crippen molar-refractivity contribution in [3.63, 3.8) is 0 Å². The number of urea groups is 1. The highest BCUT2D eigenvalue weighted by Crippen LogP contribution is 2.06. The summed E-state index contributed by atoms with van der Waals surface area (Å²) >= 11 is 0. The molecule has 0 aliphatic carbocycles. The molecule has 0 aliphatic heterocycles. The maximum Gasteiger partial charge on any atom is 0.319 e. The molecule has 2 heterocycles. The van der Waals surface area contributed by atoms with Gasteiger partial charge < -0.3 is 10.6 Å². The molecule has 6 nitrogen and oxygen atoms in total. The van der Waals surface area contributed by atoms with E-state index in [0.29, 0.717) is 12.2 Å². The van der Waals surface area contributed by atoms with Gasteiger partial charge in [0.05, 0.1) is 24.3 Å². The second kappa shape index (κ2) is 6.65. The van der Waals surface area contributed by atoms with Gasteiger partial charge >= 0.3 is 6.03 Å². The molecule has 0 aliphatic rings. The van der Waals surface area contributed by atoms with Gasteiger partial charge in [-0.05, 0) is 18.9 Å². The van der Waals surface area contributed by atoms with Gasteiger partial charge in [-0.2, -0.15) is 5.10 Å². The summed E-state index contributed by atoms with van der Waals surface area (Å²) in [6, 6.07) is 0.827. The van der Waals surface area contributed by atoms with Gasteiger partial charge in [-0.1, -0.05) is 0 Å². The van der Waals surface area contributed by atoms with Gasteiger partial charge in [-0.3, -0.25) is 9.67 Å². The van der Waals surface area contributed by atoms with Crippen LogP contribution >= 0.6 is 0 Å². The van der Waals surface area contributed by atoms with E-state index in [0.717, 1.165) is 24.7 Å². The van der Waals surface area contributed by atoms with Crippen LogP contribution < -0.4 is 10.6 Å². The minimum Gasteiger partial charge on any atom is -0.338 e. The minimum absolute atomic E-state index is 0.324. The van der Waals surface area contributed by atoms with Gasteiger partial charge in [0.1, 0.15) is 5.82 Å². The zero-order valence-corrected chi connectivity index (χ0v) is 11.1. The van der Waals surface area contributed by atoms with E-state index in [4.69, 9.17) is 0 Å². The first-order valence-electron chi connectivity index (χ1n) is 6.28. The Labute approximate surface area is 116 Å². The highest BCUT2D eigenvalue weighted by molar-refractivity contribution is 5.88. The van der Waals surface area contributed by atoms with E-state index in [1.54, 1.807) is 6.20 Å². The van der Waals surface area contributed by atoms with Crippen molar-refractivity contribution in [2.24, 2.45) is 0 Å². The molecule has 0 spiro atoms. The topological polar surface area (TPSA) is 71.8 Å². The average molecular weight is 277 g/mol. The summed E-state index contributed by atoms with van der Waals surface area (Å²) in [4.78, 5) is 15.2. The zero-order valence-electron chi connectivity index (χ0n) is 11.1. The van der Waals surface area contributed by atoms with E-state index >= 15 is 0 Å². The first-order chi connectivity index (χ1) is 9.63. The summed E-state index contributed by atoms with van der Waals surface area (Å²) in [6.07, 6.45) is 6.95. The number of pyridine rings is 1. The van der Waals surface area contributed by atoms with Crippen LogP contribution in [0.4, 0.5) is 14.9 Å². The zero-order chi connectivity index (χ0) is 14.4. The molecule has 2 rings (SSSR count). The molecule has 106 valence electrons. The molecule has 2 aromatic heterocycles. The SMILES string of the molecule is Cc1cnn(CCCNC(=O)Nc2cncc(F)c2)c1. The van der Waals surface area contributed by atoms with Crippen molar-refractivity contribution in [1.82, 2.24) is 20.1 Å². The van der Waals surface area contributed by atoms with Crippen LogP contribution in [0.15, 0.2) is 30.9 Å². The Hall–Kier alpha value is -2.44. The fourth-order valence-corrected chi connectivity index (χ4v) is 1.69. The number of aromatic nitrogens is 3. The van der Waals surface area contributed by atoms with Crippen molar-refractivity contribution in [2.45, 2.75) is 19.9 Å². The number of carbonyl (C=O) groups is 1. The maximum absolute atomic E-state index is 12.9. The van der Waals surface area contributed by atoms with Gasteiger partial charge in [0.2, 0.25) is 0 Å². The maximum atomic E-state index is 12.9. The smallest absolute Gasteiger partial charge is 0.319 e. The number of nitrogens with one attached hydrogen (secondary N) is 2. The Bertz CT molecular complexity index is 584. The Morgan fingerprint density at radius 1 is 1.40 bits per heavy atom. The Balaban J connectivity index is 1.67. The number of halogens is 1. The van der Waals surface area contributed by atoms with Crippen LogP contribution in [0.25, 0.3) is 0 Å². The number of amides is 2. The van der Waals surface area contributed by atoms with Gasteiger partial charge in [0, 0.05) is 25.4 Å². The molecule has 0 aromatic carbocycles. The average Bonchev–Trinajstić information content (AvgIpc) is 2.80. The lowest BCUT2D eigenvalue weighted by Crippen LogP contribution is -2.30. The molecule has 0 saturated heterocycles. The molecular formula is C13H16FN5O. The molecule has 0 saturated carbocycles. The molecule has 2 amide bonds. The quantitative estimate of drug-likeness (QED) is 0.820. The highest BCUT2D eigenvalue weighted by Gasteiger charge is 2.02. The Kier molecular flexibility index (Phi) is 4.65. The molecule has 20 heavy (non-hydrogen) atoms. The predicted octanol–water partition coefficient (Wildman–Crippen LogP) is 1.94. The summed E-state index contributed by atoms with van der Waals surface area (Å²) in [7, 11) is 0. The summed E-state index contributed by atoms with van der Waals surface area (Å²) in [6.45, 7) is 3.21. The number of hydrogen-bond donors (Lipinski definition) is 2. The lowest BCUT2D eigenvalue weighted by molar-refractivity contribution is 0.251. The van der Waals surface area contributed by atoms with Gasteiger partial charge in [0.15, 0.2) is 0 Å². The monoisotopic (exact) mass is 277 g/mol. The van der Waals surface area contributed by atoms with Crippen LogP contribution in [0, 0.1) is 12.7 Å². The summed E-state index contributed by atoms with van der Waals surface area (Å²) in [5.74, 6) is -0.489. The molecule has 0 bridgehead atoms.